The van der Waals surface area contributed by atoms with Crippen molar-refractivity contribution >= 4 is 23.4 Å². The number of hydrogen-bond acceptors (Lipinski definition) is 5. The van der Waals surface area contributed by atoms with Crippen LogP contribution in [0.25, 0.3) is 0 Å². The Hall–Kier alpha value is -1.44. The van der Waals surface area contributed by atoms with Crippen molar-refractivity contribution in [3.05, 3.63) is 16.3 Å². The van der Waals surface area contributed by atoms with Crippen molar-refractivity contribution in [2.75, 3.05) is 33.1 Å². The lowest BCUT2D eigenvalue weighted by molar-refractivity contribution is -0.108. The number of carbonyl (C=O) groups excluding carboxylic acids is 1. The van der Waals surface area contributed by atoms with Gasteiger partial charge in [-0.15, -0.1) is 10.2 Å². The van der Waals surface area contributed by atoms with E-state index >= 15 is 0 Å². The predicted molar refractivity (Wildman–Crippen MR) is 76.0 cm³/mol. The Morgan fingerprint density at radius 1 is 1.30 bits per heavy atom. The van der Waals surface area contributed by atoms with Crippen LogP contribution in [0, 0.1) is 13.8 Å². The zero-order valence-corrected chi connectivity index (χ0v) is 13.0. The molecule has 0 aromatic carbocycles. The molecule has 1 heterocycles. The third kappa shape index (κ3) is 4.03. The van der Waals surface area contributed by atoms with Crippen LogP contribution >= 0.6 is 11.6 Å². The zero-order chi connectivity index (χ0) is 15.3. The number of nitrogens with one attached hydrogen (secondary N) is 1. The molecule has 1 aromatic heterocycles. The molecule has 1 N–H and O–H groups in total. The summed E-state index contributed by atoms with van der Waals surface area (Å²) in [5, 5.41) is 10.7. The van der Waals surface area contributed by atoms with Gasteiger partial charge in [0.15, 0.2) is 17.3 Å². The van der Waals surface area contributed by atoms with Crippen LogP contribution in [0.5, 0.6) is 0 Å². The van der Waals surface area contributed by atoms with Gasteiger partial charge >= 0.3 is 6.03 Å². The Labute approximate surface area is 123 Å². The molecule has 20 heavy (non-hydrogen) atoms. The van der Waals surface area contributed by atoms with Crippen molar-refractivity contribution in [3.8, 4) is 0 Å². The summed E-state index contributed by atoms with van der Waals surface area (Å²) < 4.78 is 10.1. The summed E-state index contributed by atoms with van der Waals surface area (Å²) >= 11 is 5.86. The van der Waals surface area contributed by atoms with Gasteiger partial charge in [0, 0.05) is 21.3 Å². The lowest BCUT2D eigenvalue weighted by Gasteiger charge is -2.22. The summed E-state index contributed by atoms with van der Waals surface area (Å²) in [6.45, 7) is 3.92. The molecule has 0 atom stereocenters. The molecule has 0 aliphatic heterocycles. The van der Waals surface area contributed by atoms with Crippen LogP contribution < -0.4 is 5.32 Å². The number of halogens is 1. The summed E-state index contributed by atoms with van der Waals surface area (Å²) in [6, 6.07) is -0.330. The van der Waals surface area contributed by atoms with Crippen LogP contribution in [0.4, 0.5) is 10.6 Å². The van der Waals surface area contributed by atoms with Gasteiger partial charge in [-0.3, -0.25) is 5.32 Å². The summed E-state index contributed by atoms with van der Waals surface area (Å²) in [5.41, 5.74) is 1.56. The van der Waals surface area contributed by atoms with Crippen molar-refractivity contribution in [1.82, 2.24) is 15.1 Å². The van der Waals surface area contributed by atoms with E-state index in [1.54, 1.807) is 7.05 Å². The van der Waals surface area contributed by atoms with E-state index < -0.39 is 6.29 Å². The highest BCUT2D eigenvalue weighted by molar-refractivity contribution is 6.30. The number of methoxy groups -OCH3 is 2. The molecule has 0 saturated heterocycles. The molecule has 0 spiro atoms. The smallest absolute Gasteiger partial charge is 0.322 e. The van der Waals surface area contributed by atoms with E-state index in [0.717, 1.165) is 11.1 Å². The maximum atomic E-state index is 12.0. The number of rotatable bonds is 5. The molecule has 1 rings (SSSR count). The van der Waals surface area contributed by atoms with Gasteiger partial charge in [0.2, 0.25) is 0 Å². The quantitative estimate of drug-likeness (QED) is 0.840. The lowest BCUT2D eigenvalue weighted by atomic mass is 10.2. The fourth-order valence-corrected chi connectivity index (χ4v) is 1.62. The third-order valence-corrected chi connectivity index (χ3v) is 3.34. The first kappa shape index (κ1) is 16.6. The van der Waals surface area contributed by atoms with Gasteiger partial charge in [0.25, 0.3) is 0 Å². The van der Waals surface area contributed by atoms with Crippen molar-refractivity contribution in [3.63, 3.8) is 0 Å². The van der Waals surface area contributed by atoms with Crippen LogP contribution in [-0.2, 0) is 9.47 Å². The number of nitrogens with zero attached hydrogens (tertiary/aromatic N) is 3. The number of anilines is 1. The van der Waals surface area contributed by atoms with Crippen LogP contribution in [0.3, 0.4) is 0 Å². The molecule has 0 bridgehead atoms. The largest absolute Gasteiger partial charge is 0.354 e. The van der Waals surface area contributed by atoms with Gasteiger partial charge in [-0.25, -0.2) is 4.79 Å². The molecular weight excluding hydrogens is 284 g/mol. The first-order valence-corrected chi connectivity index (χ1v) is 6.35. The molecule has 0 fully saturated rings. The highest BCUT2D eigenvalue weighted by atomic mass is 35.5. The molecule has 2 amide bonds. The second-order valence-corrected chi connectivity index (χ2v) is 4.66. The maximum Gasteiger partial charge on any atom is 0.322 e. The van der Waals surface area contributed by atoms with Gasteiger partial charge in [-0.1, -0.05) is 11.6 Å². The van der Waals surface area contributed by atoms with E-state index in [-0.39, 0.29) is 12.6 Å². The fourth-order valence-electron chi connectivity index (χ4n) is 1.44. The molecule has 0 aliphatic rings. The van der Waals surface area contributed by atoms with Crippen molar-refractivity contribution in [2.24, 2.45) is 0 Å². The number of aromatic nitrogens is 2. The molecule has 0 aliphatic carbocycles. The van der Waals surface area contributed by atoms with Crippen molar-refractivity contribution < 1.29 is 14.3 Å². The van der Waals surface area contributed by atoms with Crippen molar-refractivity contribution in [2.45, 2.75) is 20.1 Å². The first-order chi connectivity index (χ1) is 9.40. The van der Waals surface area contributed by atoms with E-state index in [9.17, 15) is 4.79 Å². The van der Waals surface area contributed by atoms with Gasteiger partial charge in [0.05, 0.1) is 6.54 Å². The van der Waals surface area contributed by atoms with Gasteiger partial charge in [-0.05, 0) is 25.0 Å². The highest BCUT2D eigenvalue weighted by Crippen LogP contribution is 2.20. The zero-order valence-electron chi connectivity index (χ0n) is 12.2. The molecule has 1 aromatic rings. The van der Waals surface area contributed by atoms with Gasteiger partial charge in [0.1, 0.15) is 0 Å². The van der Waals surface area contributed by atoms with Crippen LogP contribution in [0.1, 0.15) is 11.1 Å². The normalized spacial score (nSPS) is 10.8. The summed E-state index contributed by atoms with van der Waals surface area (Å²) in [5.74, 6) is 0.384. The molecule has 8 heteroatoms. The van der Waals surface area contributed by atoms with Gasteiger partial charge in [-0.2, -0.15) is 0 Å². The Morgan fingerprint density at radius 2 is 1.90 bits per heavy atom. The van der Waals surface area contributed by atoms with E-state index in [1.807, 2.05) is 13.8 Å². The van der Waals surface area contributed by atoms with Gasteiger partial charge < -0.3 is 14.4 Å². The predicted octanol–water partition coefficient (Wildman–Crippen LogP) is 1.83. The molecule has 7 nitrogen and oxygen atoms in total. The minimum atomic E-state index is -0.482. The third-order valence-electron chi connectivity index (χ3n) is 2.99. The number of hydrogen-bond donors (Lipinski definition) is 1. The maximum absolute atomic E-state index is 12.0. The van der Waals surface area contributed by atoms with E-state index in [4.69, 9.17) is 21.1 Å². The Balaban J connectivity index is 2.73. The molecular formula is C12H19ClN4O3. The Bertz CT molecular complexity index is 480. The van der Waals surface area contributed by atoms with Crippen molar-refractivity contribution in [1.29, 1.82) is 0 Å². The molecule has 0 unspecified atom stereocenters. The standard InChI is InChI=1S/C12H19ClN4O3/c1-7-8(2)11(16-15-10(7)13)14-12(18)17(3)6-9(19-4)20-5/h9H,6H2,1-5H3,(H,14,16,18). The minimum absolute atomic E-state index is 0.290. The van der Waals surface area contributed by atoms with Crippen LogP contribution in [0.15, 0.2) is 0 Å². The SMILES string of the molecule is COC(CN(C)C(=O)Nc1nnc(Cl)c(C)c1C)OC. The Kier molecular flexibility index (Phi) is 6.12. The summed E-state index contributed by atoms with van der Waals surface area (Å²) in [6.07, 6.45) is -0.482. The molecule has 0 saturated carbocycles. The van der Waals surface area contributed by atoms with Crippen LogP contribution in [0.2, 0.25) is 5.15 Å². The number of urea groups is 1. The molecule has 0 radical (unpaired) electrons. The minimum Gasteiger partial charge on any atom is -0.354 e. The molecule has 112 valence electrons. The lowest BCUT2D eigenvalue weighted by Crippen LogP contribution is -2.39. The summed E-state index contributed by atoms with van der Waals surface area (Å²) in [4.78, 5) is 13.5. The van der Waals surface area contributed by atoms with E-state index in [0.29, 0.717) is 11.0 Å². The Morgan fingerprint density at radius 3 is 2.45 bits per heavy atom. The highest BCUT2D eigenvalue weighted by Gasteiger charge is 2.17. The fraction of sp³-hybridized carbons (Fsp3) is 0.583. The number of carbonyl (C=O) groups is 1. The monoisotopic (exact) mass is 302 g/mol. The summed E-state index contributed by atoms with van der Waals surface area (Å²) in [7, 11) is 4.65. The van der Waals surface area contributed by atoms with E-state index in [2.05, 4.69) is 15.5 Å². The van der Waals surface area contributed by atoms with Crippen LogP contribution in [-0.4, -0.2) is 55.2 Å². The number of amides is 2. The number of likely N-dealkylation sites (N-methyl/N-ethyl adjacent to an activating group) is 1. The number of ether oxygens (including phenoxy) is 2. The second-order valence-electron chi connectivity index (χ2n) is 4.30. The topological polar surface area (TPSA) is 76.6 Å². The average molecular weight is 303 g/mol. The van der Waals surface area contributed by atoms with E-state index in [1.165, 1.54) is 19.1 Å². The second kappa shape index (κ2) is 7.37. The first-order valence-electron chi connectivity index (χ1n) is 5.97. The average Bonchev–Trinajstić information content (AvgIpc) is 2.44.